The molecule has 0 atom stereocenters. The third kappa shape index (κ3) is 2.94. The van der Waals surface area contributed by atoms with Crippen LogP contribution in [0.25, 0.3) is 4.96 Å². The van der Waals surface area contributed by atoms with E-state index in [2.05, 4.69) is 46.8 Å². The Kier molecular flexibility index (Phi) is 3.49. The largest absolute Gasteiger partial charge is 0.429 e. The van der Waals surface area contributed by atoms with Crippen molar-refractivity contribution < 1.29 is 9.13 Å². The van der Waals surface area contributed by atoms with Gasteiger partial charge in [0, 0.05) is 5.41 Å². The first kappa shape index (κ1) is 14.5. The van der Waals surface area contributed by atoms with E-state index in [1.165, 1.54) is 23.5 Å². The number of fused-ring (bicyclic) bond motifs is 1. The predicted octanol–water partition coefficient (Wildman–Crippen LogP) is 4.78. The summed E-state index contributed by atoms with van der Waals surface area (Å²) in [6.07, 6.45) is 1.90. The van der Waals surface area contributed by atoms with Gasteiger partial charge in [0.1, 0.15) is 11.6 Å². The molecule has 0 unspecified atom stereocenters. The van der Waals surface area contributed by atoms with E-state index < -0.39 is 0 Å². The maximum atomic E-state index is 13.0. The van der Waals surface area contributed by atoms with E-state index in [9.17, 15) is 4.39 Å². The van der Waals surface area contributed by atoms with Crippen molar-refractivity contribution in [2.45, 2.75) is 26.2 Å². The number of imidazole rings is 1. The smallest absolute Gasteiger partial charge is 0.299 e. The van der Waals surface area contributed by atoms with E-state index in [0.29, 0.717) is 15.4 Å². The van der Waals surface area contributed by atoms with E-state index in [4.69, 9.17) is 4.74 Å². The molecular formula is C14H13BrFN3OS. The van der Waals surface area contributed by atoms with Gasteiger partial charge in [-0.2, -0.15) is 0 Å². The Bertz CT molecular complexity index is 775. The highest BCUT2D eigenvalue weighted by atomic mass is 79.9. The van der Waals surface area contributed by atoms with Crippen LogP contribution >= 0.6 is 27.3 Å². The minimum Gasteiger partial charge on any atom is -0.429 e. The van der Waals surface area contributed by atoms with Crippen LogP contribution in [0.1, 0.15) is 26.5 Å². The predicted molar refractivity (Wildman–Crippen MR) is 83.7 cm³/mol. The van der Waals surface area contributed by atoms with Gasteiger partial charge in [0.2, 0.25) is 4.96 Å². The minimum atomic E-state index is -0.321. The Morgan fingerprint density at radius 2 is 2.10 bits per heavy atom. The number of aromatic nitrogens is 3. The van der Waals surface area contributed by atoms with Crippen LogP contribution < -0.4 is 4.74 Å². The molecule has 110 valence electrons. The monoisotopic (exact) mass is 369 g/mol. The zero-order valence-electron chi connectivity index (χ0n) is 11.7. The molecule has 21 heavy (non-hydrogen) atoms. The van der Waals surface area contributed by atoms with Crippen LogP contribution in [0, 0.1) is 5.82 Å². The van der Waals surface area contributed by atoms with E-state index in [1.807, 2.05) is 6.20 Å². The molecule has 0 amide bonds. The lowest BCUT2D eigenvalue weighted by molar-refractivity contribution is 0.465. The summed E-state index contributed by atoms with van der Waals surface area (Å²) in [5.41, 5.74) is 0.963. The van der Waals surface area contributed by atoms with Gasteiger partial charge < -0.3 is 4.74 Å². The Morgan fingerprint density at radius 3 is 2.71 bits per heavy atom. The molecule has 0 N–H and O–H groups in total. The topological polar surface area (TPSA) is 39.4 Å². The molecule has 3 rings (SSSR count). The van der Waals surface area contributed by atoms with Crippen LogP contribution in [0.4, 0.5) is 4.39 Å². The van der Waals surface area contributed by atoms with E-state index >= 15 is 0 Å². The zero-order valence-corrected chi connectivity index (χ0v) is 14.1. The van der Waals surface area contributed by atoms with Crippen LogP contribution in [0.2, 0.25) is 0 Å². The molecule has 0 aliphatic rings. The quantitative estimate of drug-likeness (QED) is 0.652. The summed E-state index contributed by atoms with van der Waals surface area (Å²) in [7, 11) is 0. The van der Waals surface area contributed by atoms with Gasteiger partial charge >= 0.3 is 0 Å². The molecule has 0 aliphatic carbocycles. The molecule has 2 aromatic heterocycles. The van der Waals surface area contributed by atoms with Crippen molar-refractivity contribution in [1.29, 1.82) is 0 Å². The number of halogens is 2. The standard InChI is InChI=1S/C14H13BrFN3OS/c1-14(2,3)11-7-19-12(17-11)21-13(18-19)20-10-5-4-8(16)6-9(10)15/h4-7H,1-3H3. The second-order valence-electron chi connectivity index (χ2n) is 5.65. The molecule has 4 nitrogen and oxygen atoms in total. The van der Waals surface area contributed by atoms with Crippen LogP contribution in [0.3, 0.4) is 0 Å². The van der Waals surface area contributed by atoms with Crippen molar-refractivity contribution in [1.82, 2.24) is 14.6 Å². The van der Waals surface area contributed by atoms with Crippen molar-refractivity contribution >= 4 is 32.2 Å². The summed E-state index contributed by atoms with van der Waals surface area (Å²) in [6, 6.07) is 4.26. The average Bonchev–Trinajstić information content (AvgIpc) is 2.89. The fourth-order valence-electron chi connectivity index (χ4n) is 1.74. The maximum absolute atomic E-state index is 13.0. The Morgan fingerprint density at radius 1 is 1.33 bits per heavy atom. The number of hydrogen-bond acceptors (Lipinski definition) is 4. The first-order valence-electron chi connectivity index (χ1n) is 6.32. The van der Waals surface area contributed by atoms with Gasteiger partial charge in [-0.1, -0.05) is 20.8 Å². The summed E-state index contributed by atoms with van der Waals surface area (Å²) >= 11 is 4.61. The number of ether oxygens (including phenoxy) is 1. The highest BCUT2D eigenvalue weighted by Gasteiger charge is 2.20. The third-order valence-corrected chi connectivity index (χ3v) is 4.30. The van der Waals surface area contributed by atoms with Gasteiger partial charge in [0.05, 0.1) is 16.4 Å². The molecule has 0 saturated carbocycles. The maximum Gasteiger partial charge on any atom is 0.299 e. The fourth-order valence-corrected chi connectivity index (χ4v) is 2.92. The van der Waals surface area contributed by atoms with Crippen molar-refractivity contribution in [3.8, 4) is 10.9 Å². The lowest BCUT2D eigenvalue weighted by Gasteiger charge is -2.13. The number of benzene rings is 1. The molecule has 0 spiro atoms. The average molecular weight is 370 g/mol. The highest BCUT2D eigenvalue weighted by Crippen LogP contribution is 2.33. The van der Waals surface area contributed by atoms with Gasteiger partial charge in [-0.3, -0.25) is 0 Å². The summed E-state index contributed by atoms with van der Waals surface area (Å²) in [6.45, 7) is 6.31. The van der Waals surface area contributed by atoms with E-state index in [0.717, 1.165) is 10.7 Å². The van der Waals surface area contributed by atoms with Gasteiger partial charge in [-0.25, -0.2) is 13.9 Å². The van der Waals surface area contributed by atoms with Gasteiger partial charge in [0.25, 0.3) is 5.19 Å². The normalized spacial score (nSPS) is 12.0. The van der Waals surface area contributed by atoms with Crippen molar-refractivity contribution in [2.24, 2.45) is 0 Å². The molecule has 0 aliphatic heterocycles. The molecule has 7 heteroatoms. The lowest BCUT2D eigenvalue weighted by Crippen LogP contribution is -2.11. The van der Waals surface area contributed by atoms with E-state index in [-0.39, 0.29) is 11.2 Å². The van der Waals surface area contributed by atoms with Crippen LogP contribution in [0.15, 0.2) is 28.9 Å². The highest BCUT2D eigenvalue weighted by molar-refractivity contribution is 9.10. The molecule has 1 aromatic carbocycles. The molecule has 0 saturated heterocycles. The minimum absolute atomic E-state index is 0.0194. The van der Waals surface area contributed by atoms with Crippen LogP contribution in [-0.4, -0.2) is 14.6 Å². The first-order chi connectivity index (χ1) is 9.83. The molecule has 3 aromatic rings. The Labute approximate surface area is 133 Å². The SMILES string of the molecule is CC(C)(C)c1cn2nc(Oc3ccc(F)cc3Br)sc2n1. The Hall–Kier alpha value is -1.47. The van der Waals surface area contributed by atoms with Gasteiger partial charge in [0.15, 0.2) is 0 Å². The Balaban J connectivity index is 1.90. The first-order valence-corrected chi connectivity index (χ1v) is 7.93. The summed E-state index contributed by atoms with van der Waals surface area (Å²) in [5.74, 6) is 0.197. The zero-order chi connectivity index (χ0) is 15.2. The van der Waals surface area contributed by atoms with Gasteiger partial charge in [-0.15, -0.1) is 5.10 Å². The lowest BCUT2D eigenvalue weighted by atomic mass is 9.93. The number of rotatable bonds is 2. The van der Waals surface area contributed by atoms with Crippen LogP contribution in [-0.2, 0) is 5.41 Å². The third-order valence-electron chi connectivity index (χ3n) is 2.88. The number of hydrogen-bond donors (Lipinski definition) is 0. The molecule has 0 radical (unpaired) electrons. The second-order valence-corrected chi connectivity index (χ2v) is 7.42. The second kappa shape index (κ2) is 5.06. The number of nitrogens with zero attached hydrogens (tertiary/aromatic N) is 3. The van der Waals surface area contributed by atoms with Crippen LogP contribution in [0.5, 0.6) is 10.9 Å². The molecule has 0 bridgehead atoms. The van der Waals surface area contributed by atoms with Crippen molar-refractivity contribution in [2.75, 3.05) is 0 Å². The molecule has 2 heterocycles. The molecule has 0 fully saturated rings. The van der Waals surface area contributed by atoms with Gasteiger partial charge in [-0.05, 0) is 45.5 Å². The molecular weight excluding hydrogens is 357 g/mol. The van der Waals surface area contributed by atoms with E-state index in [1.54, 1.807) is 10.6 Å². The summed E-state index contributed by atoms with van der Waals surface area (Å²) < 4.78 is 21.0. The summed E-state index contributed by atoms with van der Waals surface area (Å²) in [4.78, 5) is 5.32. The van der Waals surface area contributed by atoms with Crippen molar-refractivity contribution in [3.05, 3.63) is 40.4 Å². The van der Waals surface area contributed by atoms with Crippen molar-refractivity contribution in [3.63, 3.8) is 0 Å². The fraction of sp³-hybridized carbons (Fsp3) is 0.286. The summed E-state index contributed by atoms with van der Waals surface area (Å²) in [5, 5.41) is 4.80.